The summed E-state index contributed by atoms with van der Waals surface area (Å²) < 4.78 is 11.7. The summed E-state index contributed by atoms with van der Waals surface area (Å²) in [4.78, 5) is 0. The summed E-state index contributed by atoms with van der Waals surface area (Å²) >= 11 is 0. The zero-order chi connectivity index (χ0) is 13.4. The summed E-state index contributed by atoms with van der Waals surface area (Å²) in [5.41, 5.74) is 3.06. The van der Waals surface area contributed by atoms with E-state index in [4.69, 9.17) is 9.47 Å². The number of hydrogen-bond acceptors (Lipinski definition) is 3. The second-order valence-corrected chi connectivity index (χ2v) is 6.52. The highest BCUT2D eigenvalue weighted by Gasteiger charge is 2.43. The van der Waals surface area contributed by atoms with E-state index in [2.05, 4.69) is 29.6 Å². The Labute approximate surface area is 120 Å². The fraction of sp³-hybridized carbons (Fsp3) is 0.647. The molecule has 3 aliphatic heterocycles. The van der Waals surface area contributed by atoms with Gasteiger partial charge in [-0.25, -0.2) is 0 Å². The van der Waals surface area contributed by atoms with Crippen LogP contribution in [0.1, 0.15) is 36.3 Å². The SMILES string of the molecule is c1ccc2c(c1)CNCC2C1CCOC2(CCOC2)C1. The van der Waals surface area contributed by atoms with Crippen molar-refractivity contribution >= 4 is 0 Å². The van der Waals surface area contributed by atoms with Gasteiger partial charge < -0.3 is 14.8 Å². The van der Waals surface area contributed by atoms with Gasteiger partial charge in [0.2, 0.25) is 0 Å². The molecular weight excluding hydrogens is 250 g/mol. The van der Waals surface area contributed by atoms with Crippen molar-refractivity contribution in [3.05, 3.63) is 35.4 Å². The van der Waals surface area contributed by atoms with Gasteiger partial charge in [0.15, 0.2) is 0 Å². The van der Waals surface area contributed by atoms with Crippen LogP contribution in [0, 0.1) is 5.92 Å². The topological polar surface area (TPSA) is 30.5 Å². The molecule has 0 radical (unpaired) electrons. The number of rotatable bonds is 1. The average Bonchev–Trinajstić information content (AvgIpc) is 2.94. The van der Waals surface area contributed by atoms with Crippen molar-refractivity contribution in [2.75, 3.05) is 26.4 Å². The maximum atomic E-state index is 6.09. The van der Waals surface area contributed by atoms with Crippen LogP contribution < -0.4 is 5.32 Å². The first kappa shape index (κ1) is 12.8. The number of fused-ring (bicyclic) bond motifs is 1. The molecule has 0 saturated carbocycles. The Balaban J connectivity index is 1.58. The molecule has 3 heteroatoms. The summed E-state index contributed by atoms with van der Waals surface area (Å²) in [5.74, 6) is 1.36. The van der Waals surface area contributed by atoms with Crippen molar-refractivity contribution in [2.24, 2.45) is 5.92 Å². The standard InChI is InChI=1S/C17H23NO2/c1-2-4-15-14(3-1)10-18-11-16(15)13-5-7-20-17(9-13)6-8-19-12-17/h1-4,13,16,18H,5-12H2. The molecule has 3 atom stereocenters. The molecule has 0 amide bonds. The van der Waals surface area contributed by atoms with Crippen LogP contribution in [0.5, 0.6) is 0 Å². The van der Waals surface area contributed by atoms with Crippen molar-refractivity contribution in [1.29, 1.82) is 0 Å². The van der Waals surface area contributed by atoms with Gasteiger partial charge in [0.05, 0.1) is 12.2 Å². The Hall–Kier alpha value is -0.900. The van der Waals surface area contributed by atoms with E-state index >= 15 is 0 Å². The molecule has 2 fully saturated rings. The third-order valence-electron chi connectivity index (χ3n) is 5.30. The maximum Gasteiger partial charge on any atom is 0.0939 e. The van der Waals surface area contributed by atoms with Crippen LogP contribution in [-0.2, 0) is 16.0 Å². The first-order chi connectivity index (χ1) is 9.86. The zero-order valence-electron chi connectivity index (χ0n) is 11.9. The molecular formula is C17H23NO2. The van der Waals surface area contributed by atoms with E-state index < -0.39 is 0 Å². The summed E-state index contributed by atoms with van der Waals surface area (Å²) in [7, 11) is 0. The minimum Gasteiger partial charge on any atom is -0.378 e. The third-order valence-corrected chi connectivity index (χ3v) is 5.30. The minimum atomic E-state index is 0.0231. The molecule has 0 aliphatic carbocycles. The van der Waals surface area contributed by atoms with E-state index in [-0.39, 0.29) is 5.60 Å². The number of benzene rings is 1. The smallest absolute Gasteiger partial charge is 0.0939 e. The second kappa shape index (κ2) is 5.14. The van der Waals surface area contributed by atoms with Gasteiger partial charge in [-0.3, -0.25) is 0 Å². The Bertz CT molecular complexity index is 482. The van der Waals surface area contributed by atoms with E-state index in [1.54, 1.807) is 5.56 Å². The lowest BCUT2D eigenvalue weighted by molar-refractivity contribution is -0.102. The Morgan fingerprint density at radius 3 is 3.05 bits per heavy atom. The molecule has 0 bridgehead atoms. The molecule has 4 rings (SSSR count). The second-order valence-electron chi connectivity index (χ2n) is 6.52. The molecule has 1 spiro atoms. The first-order valence-corrected chi connectivity index (χ1v) is 7.87. The fourth-order valence-electron chi connectivity index (χ4n) is 4.22. The maximum absolute atomic E-state index is 6.09. The predicted octanol–water partition coefficient (Wildman–Crippen LogP) is 2.46. The summed E-state index contributed by atoms with van der Waals surface area (Å²) in [6, 6.07) is 8.93. The van der Waals surface area contributed by atoms with Crippen LogP contribution in [-0.4, -0.2) is 32.0 Å². The molecule has 3 unspecified atom stereocenters. The van der Waals surface area contributed by atoms with Gasteiger partial charge in [-0.05, 0) is 35.8 Å². The Morgan fingerprint density at radius 2 is 2.15 bits per heavy atom. The highest BCUT2D eigenvalue weighted by atomic mass is 16.6. The lowest BCUT2D eigenvalue weighted by Gasteiger charge is -2.42. The van der Waals surface area contributed by atoms with Crippen LogP contribution in [0.3, 0.4) is 0 Å². The average molecular weight is 273 g/mol. The summed E-state index contributed by atoms with van der Waals surface area (Å²) in [6.07, 6.45) is 3.42. The first-order valence-electron chi connectivity index (χ1n) is 7.87. The zero-order valence-corrected chi connectivity index (χ0v) is 11.9. The Morgan fingerprint density at radius 1 is 1.20 bits per heavy atom. The molecule has 2 saturated heterocycles. The highest BCUT2D eigenvalue weighted by Crippen LogP contribution is 2.43. The quantitative estimate of drug-likeness (QED) is 0.852. The van der Waals surface area contributed by atoms with Gasteiger partial charge in [0, 0.05) is 32.7 Å². The molecule has 3 aliphatic rings. The van der Waals surface area contributed by atoms with Gasteiger partial charge in [-0.2, -0.15) is 0 Å². The van der Waals surface area contributed by atoms with E-state index in [0.29, 0.717) is 5.92 Å². The van der Waals surface area contributed by atoms with Crippen molar-refractivity contribution < 1.29 is 9.47 Å². The van der Waals surface area contributed by atoms with Crippen molar-refractivity contribution in [2.45, 2.75) is 37.3 Å². The molecule has 3 nitrogen and oxygen atoms in total. The van der Waals surface area contributed by atoms with Crippen LogP contribution in [0.25, 0.3) is 0 Å². The Kier molecular flexibility index (Phi) is 3.29. The summed E-state index contributed by atoms with van der Waals surface area (Å²) in [6.45, 7) is 4.69. The molecule has 1 aromatic rings. The number of nitrogens with one attached hydrogen (secondary N) is 1. The van der Waals surface area contributed by atoms with Crippen LogP contribution in [0.2, 0.25) is 0 Å². The molecule has 1 N–H and O–H groups in total. The third kappa shape index (κ3) is 2.18. The van der Waals surface area contributed by atoms with Gasteiger partial charge in [0.1, 0.15) is 0 Å². The monoisotopic (exact) mass is 273 g/mol. The van der Waals surface area contributed by atoms with Crippen LogP contribution in [0.15, 0.2) is 24.3 Å². The number of hydrogen-bond donors (Lipinski definition) is 1. The summed E-state index contributed by atoms with van der Waals surface area (Å²) in [5, 5.41) is 3.60. The van der Waals surface area contributed by atoms with E-state index in [1.807, 2.05) is 0 Å². The molecule has 20 heavy (non-hydrogen) atoms. The largest absolute Gasteiger partial charge is 0.378 e. The normalized spacial score (nSPS) is 37.0. The fourth-order valence-corrected chi connectivity index (χ4v) is 4.22. The molecule has 1 aromatic carbocycles. The highest BCUT2D eigenvalue weighted by molar-refractivity contribution is 5.33. The lowest BCUT2D eigenvalue weighted by Crippen LogP contribution is -2.44. The minimum absolute atomic E-state index is 0.0231. The lowest BCUT2D eigenvalue weighted by atomic mass is 9.73. The molecule has 0 aromatic heterocycles. The van der Waals surface area contributed by atoms with E-state index in [9.17, 15) is 0 Å². The van der Waals surface area contributed by atoms with Crippen LogP contribution in [0.4, 0.5) is 0 Å². The van der Waals surface area contributed by atoms with Gasteiger partial charge in [-0.15, -0.1) is 0 Å². The van der Waals surface area contributed by atoms with Gasteiger partial charge >= 0.3 is 0 Å². The predicted molar refractivity (Wildman–Crippen MR) is 77.7 cm³/mol. The van der Waals surface area contributed by atoms with Crippen molar-refractivity contribution in [1.82, 2.24) is 5.32 Å². The van der Waals surface area contributed by atoms with Gasteiger partial charge in [-0.1, -0.05) is 24.3 Å². The van der Waals surface area contributed by atoms with Crippen molar-refractivity contribution in [3.63, 3.8) is 0 Å². The van der Waals surface area contributed by atoms with E-state index in [0.717, 1.165) is 51.7 Å². The molecule has 108 valence electrons. The van der Waals surface area contributed by atoms with E-state index in [1.165, 1.54) is 12.0 Å². The van der Waals surface area contributed by atoms with Crippen LogP contribution >= 0.6 is 0 Å². The number of ether oxygens (including phenoxy) is 2. The van der Waals surface area contributed by atoms with Crippen molar-refractivity contribution in [3.8, 4) is 0 Å². The van der Waals surface area contributed by atoms with Gasteiger partial charge in [0.25, 0.3) is 0 Å². The molecule has 3 heterocycles.